The minimum Gasteiger partial charge on any atom is -0.346 e. The van der Waals surface area contributed by atoms with Gasteiger partial charge in [0, 0.05) is 22.6 Å². The second kappa shape index (κ2) is 4.64. The van der Waals surface area contributed by atoms with Crippen LogP contribution in [0.2, 0.25) is 0 Å². The van der Waals surface area contributed by atoms with Crippen LogP contribution in [0.5, 0.6) is 0 Å². The van der Waals surface area contributed by atoms with Crippen LogP contribution in [0.15, 0.2) is 22.8 Å². The lowest BCUT2D eigenvalue weighted by Crippen LogP contribution is -2.26. The molecule has 1 aliphatic heterocycles. The van der Waals surface area contributed by atoms with E-state index in [0.29, 0.717) is 0 Å². The molecule has 3 heteroatoms. The Bertz CT molecular complexity index is 625. The molecular formula is C16H21BrN2. The SMILES string of the molecule is CC(C)(CN)Cc1cc2c3c(c1)c(Br)cn3CCC2. The van der Waals surface area contributed by atoms with Gasteiger partial charge in [-0.25, -0.2) is 0 Å². The molecule has 1 aromatic carbocycles. The molecule has 1 aliphatic rings. The summed E-state index contributed by atoms with van der Waals surface area (Å²) >= 11 is 3.71. The fraction of sp³-hybridized carbons (Fsp3) is 0.500. The molecule has 0 unspecified atom stereocenters. The maximum atomic E-state index is 5.87. The molecule has 3 rings (SSSR count). The number of nitrogens with two attached hydrogens (primary N) is 1. The van der Waals surface area contributed by atoms with Gasteiger partial charge < -0.3 is 10.3 Å². The van der Waals surface area contributed by atoms with Gasteiger partial charge in [-0.05, 0) is 64.3 Å². The zero-order chi connectivity index (χ0) is 13.6. The van der Waals surface area contributed by atoms with Crippen molar-refractivity contribution < 1.29 is 0 Å². The van der Waals surface area contributed by atoms with E-state index >= 15 is 0 Å². The number of aryl methyl sites for hydroxylation is 2. The van der Waals surface area contributed by atoms with Crippen LogP contribution in [-0.4, -0.2) is 11.1 Å². The summed E-state index contributed by atoms with van der Waals surface area (Å²) in [5, 5.41) is 1.36. The molecule has 0 saturated carbocycles. The molecule has 2 heterocycles. The highest BCUT2D eigenvalue weighted by Gasteiger charge is 2.20. The average molecular weight is 321 g/mol. The molecule has 2 nitrogen and oxygen atoms in total. The lowest BCUT2D eigenvalue weighted by atomic mass is 9.84. The Hall–Kier alpha value is -0.800. The van der Waals surface area contributed by atoms with Gasteiger partial charge >= 0.3 is 0 Å². The molecule has 1 aromatic heterocycles. The predicted octanol–water partition coefficient (Wildman–Crippen LogP) is 3.88. The number of nitrogens with zero attached hydrogens (tertiary/aromatic N) is 1. The van der Waals surface area contributed by atoms with Crippen molar-refractivity contribution in [3.8, 4) is 0 Å². The number of halogens is 1. The molecule has 0 spiro atoms. The number of hydrogen-bond donors (Lipinski definition) is 1. The van der Waals surface area contributed by atoms with E-state index in [-0.39, 0.29) is 5.41 Å². The molecule has 0 atom stereocenters. The summed E-state index contributed by atoms with van der Waals surface area (Å²) in [5.41, 5.74) is 10.4. The van der Waals surface area contributed by atoms with Gasteiger partial charge in [0.25, 0.3) is 0 Å². The first-order chi connectivity index (χ1) is 9.00. The van der Waals surface area contributed by atoms with E-state index in [4.69, 9.17) is 5.73 Å². The van der Waals surface area contributed by atoms with Gasteiger partial charge in [-0.1, -0.05) is 19.9 Å². The zero-order valence-electron chi connectivity index (χ0n) is 11.7. The molecular weight excluding hydrogens is 300 g/mol. The second-order valence-corrected chi connectivity index (χ2v) is 7.32. The minimum atomic E-state index is 0.171. The quantitative estimate of drug-likeness (QED) is 0.914. The number of rotatable bonds is 3. The average Bonchev–Trinajstić information content (AvgIpc) is 2.68. The van der Waals surface area contributed by atoms with E-state index < -0.39 is 0 Å². The summed E-state index contributed by atoms with van der Waals surface area (Å²) in [7, 11) is 0. The minimum absolute atomic E-state index is 0.171. The van der Waals surface area contributed by atoms with Crippen LogP contribution >= 0.6 is 15.9 Å². The summed E-state index contributed by atoms with van der Waals surface area (Å²) in [4.78, 5) is 0. The molecule has 102 valence electrons. The summed E-state index contributed by atoms with van der Waals surface area (Å²) in [6.07, 6.45) is 5.71. The molecule has 0 amide bonds. The van der Waals surface area contributed by atoms with Gasteiger partial charge in [-0.15, -0.1) is 0 Å². The molecule has 0 saturated heterocycles. The lowest BCUT2D eigenvalue weighted by Gasteiger charge is -2.24. The van der Waals surface area contributed by atoms with Crippen LogP contribution in [-0.2, 0) is 19.4 Å². The van der Waals surface area contributed by atoms with Gasteiger partial charge in [-0.3, -0.25) is 0 Å². The van der Waals surface area contributed by atoms with Crippen LogP contribution in [0, 0.1) is 5.41 Å². The van der Waals surface area contributed by atoms with Crippen molar-refractivity contribution in [2.75, 3.05) is 6.54 Å². The van der Waals surface area contributed by atoms with Crippen molar-refractivity contribution >= 4 is 26.8 Å². The third-order valence-corrected chi connectivity index (χ3v) is 4.77. The van der Waals surface area contributed by atoms with Gasteiger partial charge in [0.2, 0.25) is 0 Å². The van der Waals surface area contributed by atoms with Crippen molar-refractivity contribution in [1.29, 1.82) is 0 Å². The number of hydrogen-bond acceptors (Lipinski definition) is 1. The number of benzene rings is 1. The van der Waals surface area contributed by atoms with Crippen LogP contribution in [0.3, 0.4) is 0 Å². The maximum Gasteiger partial charge on any atom is 0.0524 e. The first-order valence-electron chi connectivity index (χ1n) is 7.00. The highest BCUT2D eigenvalue weighted by atomic mass is 79.9. The lowest BCUT2D eigenvalue weighted by molar-refractivity contribution is 0.377. The number of aromatic nitrogens is 1. The summed E-state index contributed by atoms with van der Waals surface area (Å²) in [6, 6.07) is 4.73. The predicted molar refractivity (Wildman–Crippen MR) is 84.5 cm³/mol. The Morgan fingerprint density at radius 1 is 1.37 bits per heavy atom. The largest absolute Gasteiger partial charge is 0.346 e. The molecule has 2 aromatic rings. The van der Waals surface area contributed by atoms with Crippen molar-refractivity contribution in [2.45, 2.75) is 39.7 Å². The highest BCUT2D eigenvalue weighted by Crippen LogP contribution is 2.35. The fourth-order valence-corrected chi connectivity index (χ4v) is 3.64. The fourth-order valence-electron chi connectivity index (χ4n) is 3.09. The molecule has 19 heavy (non-hydrogen) atoms. The van der Waals surface area contributed by atoms with E-state index in [0.717, 1.165) is 19.5 Å². The van der Waals surface area contributed by atoms with Crippen molar-refractivity contribution in [1.82, 2.24) is 4.57 Å². The Morgan fingerprint density at radius 3 is 2.89 bits per heavy atom. The molecule has 0 radical (unpaired) electrons. The molecule has 0 aliphatic carbocycles. The van der Waals surface area contributed by atoms with E-state index in [9.17, 15) is 0 Å². The highest BCUT2D eigenvalue weighted by molar-refractivity contribution is 9.10. The monoisotopic (exact) mass is 320 g/mol. The zero-order valence-corrected chi connectivity index (χ0v) is 13.3. The first-order valence-corrected chi connectivity index (χ1v) is 7.80. The van der Waals surface area contributed by atoms with E-state index in [2.05, 4.69) is 52.7 Å². The third-order valence-electron chi connectivity index (χ3n) is 4.14. The topological polar surface area (TPSA) is 30.9 Å². The van der Waals surface area contributed by atoms with Gasteiger partial charge in [-0.2, -0.15) is 0 Å². The Balaban J connectivity index is 2.11. The van der Waals surface area contributed by atoms with Gasteiger partial charge in [0.1, 0.15) is 0 Å². The maximum absolute atomic E-state index is 5.87. The Morgan fingerprint density at radius 2 is 2.16 bits per heavy atom. The van der Waals surface area contributed by atoms with Crippen molar-refractivity contribution in [3.63, 3.8) is 0 Å². The third kappa shape index (κ3) is 2.34. The molecule has 2 N–H and O–H groups in total. The van der Waals surface area contributed by atoms with Crippen molar-refractivity contribution in [2.24, 2.45) is 11.1 Å². The standard InChI is InChI=1S/C16H21BrN2/c1-16(2,10-18)8-11-6-12-4-3-5-19-9-14(17)13(7-11)15(12)19/h6-7,9H,3-5,8,10,18H2,1-2H3. The van der Waals surface area contributed by atoms with Crippen LogP contribution < -0.4 is 5.73 Å². The summed E-state index contributed by atoms with van der Waals surface area (Å²) in [6.45, 7) is 6.34. The summed E-state index contributed by atoms with van der Waals surface area (Å²) in [5.74, 6) is 0. The smallest absolute Gasteiger partial charge is 0.0524 e. The molecule has 0 bridgehead atoms. The molecule has 0 fully saturated rings. The normalized spacial score (nSPS) is 15.2. The summed E-state index contributed by atoms with van der Waals surface area (Å²) < 4.78 is 3.61. The van der Waals surface area contributed by atoms with E-state index in [1.54, 1.807) is 0 Å². The van der Waals surface area contributed by atoms with Gasteiger partial charge in [0.05, 0.1) is 5.52 Å². The van der Waals surface area contributed by atoms with Crippen LogP contribution in [0.1, 0.15) is 31.4 Å². The van der Waals surface area contributed by atoms with E-state index in [1.807, 2.05) is 0 Å². The van der Waals surface area contributed by atoms with Gasteiger partial charge in [0.15, 0.2) is 0 Å². The van der Waals surface area contributed by atoms with Crippen LogP contribution in [0.4, 0.5) is 0 Å². The van der Waals surface area contributed by atoms with Crippen LogP contribution in [0.25, 0.3) is 10.9 Å². The van der Waals surface area contributed by atoms with Crippen molar-refractivity contribution in [3.05, 3.63) is 33.9 Å². The second-order valence-electron chi connectivity index (χ2n) is 6.47. The first kappa shape index (κ1) is 13.2. The Kier molecular flexibility index (Phi) is 3.22. The van der Waals surface area contributed by atoms with E-state index in [1.165, 1.54) is 39.3 Å². The Labute approximate surface area is 123 Å².